The van der Waals surface area contributed by atoms with Gasteiger partial charge in [0, 0.05) is 6.54 Å². The number of nitrogens with zero attached hydrogens (tertiary/aromatic N) is 4. The van der Waals surface area contributed by atoms with Crippen molar-refractivity contribution in [3.63, 3.8) is 0 Å². The Morgan fingerprint density at radius 3 is 2.63 bits per heavy atom. The van der Waals surface area contributed by atoms with Crippen molar-refractivity contribution in [2.24, 2.45) is 5.41 Å². The first-order valence-electron chi connectivity index (χ1n) is 6.49. The van der Waals surface area contributed by atoms with E-state index < -0.39 is 0 Å². The zero-order valence-corrected chi connectivity index (χ0v) is 11.8. The van der Waals surface area contributed by atoms with Crippen LogP contribution in [0, 0.1) is 5.41 Å². The van der Waals surface area contributed by atoms with Gasteiger partial charge >= 0.3 is 6.01 Å². The molecule has 2 rings (SSSR count). The number of anilines is 2. The number of methoxy groups -OCH3 is 1. The number of rotatable bonds is 4. The van der Waals surface area contributed by atoms with Crippen LogP contribution < -0.4 is 15.8 Å². The predicted octanol–water partition coefficient (Wildman–Crippen LogP) is 0.606. The van der Waals surface area contributed by atoms with Gasteiger partial charge in [-0.05, 0) is 38.4 Å². The topological polar surface area (TPSA) is 89.2 Å². The number of aromatic nitrogens is 3. The zero-order valence-electron chi connectivity index (χ0n) is 11.8. The van der Waals surface area contributed by atoms with Crippen LogP contribution in [0.5, 0.6) is 6.01 Å². The minimum atomic E-state index is 0.169. The molecule has 0 radical (unpaired) electrons. The van der Waals surface area contributed by atoms with Crippen LogP contribution in [0.1, 0.15) is 19.8 Å². The molecular formula is C12H22N6O. The average molecular weight is 266 g/mol. The molecule has 2 heterocycles. The second-order valence-electron chi connectivity index (χ2n) is 5.47. The van der Waals surface area contributed by atoms with Gasteiger partial charge in [-0.15, -0.1) is 0 Å². The molecule has 1 aliphatic rings. The summed E-state index contributed by atoms with van der Waals surface area (Å²) >= 11 is 0. The second-order valence-corrected chi connectivity index (χ2v) is 5.47. The lowest BCUT2D eigenvalue weighted by molar-refractivity contribution is 0.150. The summed E-state index contributed by atoms with van der Waals surface area (Å²) in [4.78, 5) is 14.4. The molecule has 7 nitrogen and oxygen atoms in total. The first kappa shape index (κ1) is 13.8. The fourth-order valence-electron chi connectivity index (χ4n) is 2.17. The highest BCUT2D eigenvalue weighted by molar-refractivity contribution is 5.32. The molecule has 1 aromatic heterocycles. The maximum atomic E-state index is 5.61. The highest BCUT2D eigenvalue weighted by Crippen LogP contribution is 2.30. The quantitative estimate of drug-likeness (QED) is 0.825. The number of hydrogen-bond donors (Lipinski definition) is 2. The molecule has 0 bridgehead atoms. The Kier molecular flexibility index (Phi) is 4.04. The fourth-order valence-corrected chi connectivity index (χ4v) is 2.17. The van der Waals surface area contributed by atoms with E-state index in [0.29, 0.717) is 5.95 Å². The van der Waals surface area contributed by atoms with Crippen LogP contribution in [0.4, 0.5) is 11.9 Å². The molecule has 0 unspecified atom stereocenters. The van der Waals surface area contributed by atoms with Crippen molar-refractivity contribution in [1.29, 1.82) is 0 Å². The molecule has 0 aliphatic carbocycles. The lowest BCUT2D eigenvalue weighted by Gasteiger charge is -2.37. The van der Waals surface area contributed by atoms with E-state index in [2.05, 4.69) is 39.1 Å². The van der Waals surface area contributed by atoms with Crippen molar-refractivity contribution in [3.8, 4) is 6.01 Å². The highest BCUT2D eigenvalue weighted by atomic mass is 16.5. The Hall–Kier alpha value is -1.63. The van der Waals surface area contributed by atoms with E-state index in [1.54, 1.807) is 0 Å². The minimum absolute atomic E-state index is 0.169. The van der Waals surface area contributed by atoms with E-state index >= 15 is 0 Å². The third-order valence-electron chi connectivity index (χ3n) is 3.68. The van der Waals surface area contributed by atoms with Crippen LogP contribution >= 0.6 is 0 Å². The first-order valence-corrected chi connectivity index (χ1v) is 6.49. The van der Waals surface area contributed by atoms with E-state index in [1.165, 1.54) is 7.11 Å². The Bertz CT molecular complexity index is 430. The molecule has 0 spiro atoms. The van der Waals surface area contributed by atoms with Gasteiger partial charge in [-0.3, -0.25) is 0 Å². The summed E-state index contributed by atoms with van der Waals surface area (Å²) in [7, 11) is 3.67. The lowest BCUT2D eigenvalue weighted by Crippen LogP contribution is -2.40. The number of nitrogens with one attached hydrogen (secondary N) is 1. The Morgan fingerprint density at radius 2 is 2.00 bits per heavy atom. The van der Waals surface area contributed by atoms with Gasteiger partial charge in [0.1, 0.15) is 0 Å². The predicted molar refractivity (Wildman–Crippen MR) is 74.1 cm³/mol. The summed E-state index contributed by atoms with van der Waals surface area (Å²) < 4.78 is 4.98. The van der Waals surface area contributed by atoms with Crippen LogP contribution in [-0.4, -0.2) is 53.6 Å². The van der Waals surface area contributed by atoms with Gasteiger partial charge in [-0.2, -0.15) is 15.0 Å². The van der Waals surface area contributed by atoms with Crippen molar-refractivity contribution < 1.29 is 4.74 Å². The molecule has 7 heteroatoms. The summed E-state index contributed by atoms with van der Waals surface area (Å²) in [6, 6.07) is 0.239. The molecular weight excluding hydrogens is 244 g/mol. The zero-order chi connectivity index (χ0) is 13.9. The maximum absolute atomic E-state index is 5.61. The van der Waals surface area contributed by atoms with Crippen LogP contribution in [0.15, 0.2) is 0 Å². The van der Waals surface area contributed by atoms with Gasteiger partial charge in [0.25, 0.3) is 0 Å². The maximum Gasteiger partial charge on any atom is 0.322 e. The van der Waals surface area contributed by atoms with Gasteiger partial charge in [0.2, 0.25) is 11.9 Å². The summed E-state index contributed by atoms with van der Waals surface area (Å²) in [6.07, 6.45) is 2.32. The molecule has 0 saturated carbocycles. The van der Waals surface area contributed by atoms with Gasteiger partial charge < -0.3 is 20.7 Å². The molecule has 0 aromatic carbocycles. The number of likely N-dealkylation sites (tertiary alicyclic amines) is 1. The third-order valence-corrected chi connectivity index (χ3v) is 3.68. The van der Waals surface area contributed by atoms with Gasteiger partial charge in [0.05, 0.1) is 7.11 Å². The Balaban J connectivity index is 1.96. The van der Waals surface area contributed by atoms with Crippen LogP contribution in [0.25, 0.3) is 0 Å². The smallest absolute Gasteiger partial charge is 0.322 e. The number of hydrogen-bond acceptors (Lipinski definition) is 7. The number of piperidine rings is 1. The average Bonchev–Trinajstić information content (AvgIpc) is 2.40. The Morgan fingerprint density at radius 1 is 1.32 bits per heavy atom. The Labute approximate surface area is 113 Å². The van der Waals surface area contributed by atoms with Crippen molar-refractivity contribution >= 4 is 11.9 Å². The standard InChI is InChI=1S/C12H22N6O/c1-12(4-6-18(2)7-5-12)8-14-10-15-9(13)16-11(17-10)19-3/h4-8H2,1-3H3,(H3,13,14,15,16,17). The first-order chi connectivity index (χ1) is 9.00. The van der Waals surface area contributed by atoms with Crippen molar-refractivity contribution in [1.82, 2.24) is 19.9 Å². The summed E-state index contributed by atoms with van der Waals surface area (Å²) in [5.74, 6) is 0.646. The van der Waals surface area contributed by atoms with Crippen LogP contribution in [0.2, 0.25) is 0 Å². The van der Waals surface area contributed by atoms with E-state index in [0.717, 1.165) is 32.5 Å². The molecule has 0 amide bonds. The summed E-state index contributed by atoms with van der Waals surface area (Å²) in [5.41, 5.74) is 5.87. The largest absolute Gasteiger partial charge is 0.467 e. The van der Waals surface area contributed by atoms with Crippen LogP contribution in [0.3, 0.4) is 0 Å². The monoisotopic (exact) mass is 266 g/mol. The molecule has 19 heavy (non-hydrogen) atoms. The third kappa shape index (κ3) is 3.66. The van der Waals surface area contributed by atoms with E-state index in [-0.39, 0.29) is 17.4 Å². The van der Waals surface area contributed by atoms with E-state index in [4.69, 9.17) is 10.5 Å². The SMILES string of the molecule is COc1nc(N)nc(NCC2(C)CCN(C)CC2)n1. The molecule has 1 aromatic rings. The molecule has 1 saturated heterocycles. The molecule has 106 valence electrons. The highest BCUT2D eigenvalue weighted by Gasteiger charge is 2.28. The van der Waals surface area contributed by atoms with Gasteiger partial charge in [-0.1, -0.05) is 6.92 Å². The van der Waals surface area contributed by atoms with Crippen LogP contribution in [-0.2, 0) is 0 Å². The number of ether oxygens (including phenoxy) is 1. The normalized spacial score (nSPS) is 19.1. The van der Waals surface area contributed by atoms with Gasteiger partial charge in [0.15, 0.2) is 0 Å². The van der Waals surface area contributed by atoms with E-state index in [9.17, 15) is 0 Å². The minimum Gasteiger partial charge on any atom is -0.467 e. The van der Waals surface area contributed by atoms with E-state index in [1.807, 2.05) is 0 Å². The summed E-state index contributed by atoms with van der Waals surface area (Å²) in [6.45, 7) is 5.36. The number of nitrogens with two attached hydrogens (primary N) is 1. The summed E-state index contributed by atoms with van der Waals surface area (Å²) in [5, 5.41) is 3.24. The fraction of sp³-hybridized carbons (Fsp3) is 0.750. The molecule has 0 atom stereocenters. The number of nitrogen functional groups attached to an aromatic ring is 1. The van der Waals surface area contributed by atoms with Gasteiger partial charge in [-0.25, -0.2) is 0 Å². The van der Waals surface area contributed by atoms with Crippen molar-refractivity contribution in [3.05, 3.63) is 0 Å². The molecule has 1 aliphatic heterocycles. The molecule has 1 fully saturated rings. The second kappa shape index (κ2) is 5.56. The van der Waals surface area contributed by atoms with Crippen molar-refractivity contribution in [2.45, 2.75) is 19.8 Å². The lowest BCUT2D eigenvalue weighted by atomic mass is 9.80. The van der Waals surface area contributed by atoms with Crippen molar-refractivity contribution in [2.75, 3.05) is 44.8 Å². The molecule has 3 N–H and O–H groups in total.